The fourth-order valence-electron chi connectivity index (χ4n) is 8.48. The van der Waals surface area contributed by atoms with Gasteiger partial charge in [0.2, 0.25) is 0 Å². The average molecular weight is 730 g/mol. The van der Waals surface area contributed by atoms with Gasteiger partial charge in [0.05, 0.1) is 0 Å². The van der Waals surface area contributed by atoms with E-state index in [0.29, 0.717) is 0 Å². The summed E-state index contributed by atoms with van der Waals surface area (Å²) in [6.07, 6.45) is 3.64. The highest BCUT2D eigenvalue weighted by Crippen LogP contribution is 2.39. The molecule has 4 aromatic heterocycles. The van der Waals surface area contributed by atoms with Crippen molar-refractivity contribution in [2.75, 3.05) is 0 Å². The van der Waals surface area contributed by atoms with E-state index in [0.717, 1.165) is 121 Å². The van der Waals surface area contributed by atoms with Crippen LogP contribution in [0.1, 0.15) is 0 Å². The van der Waals surface area contributed by atoms with Crippen LogP contribution in [0.25, 0.3) is 121 Å². The summed E-state index contributed by atoms with van der Waals surface area (Å²) in [7, 11) is 0. The van der Waals surface area contributed by atoms with E-state index in [-0.39, 0.29) is 0 Å². The highest BCUT2D eigenvalue weighted by Gasteiger charge is 2.14. The molecule has 0 fully saturated rings. The van der Waals surface area contributed by atoms with Gasteiger partial charge in [0, 0.05) is 44.7 Å². The maximum absolute atomic E-state index is 6.37. The maximum atomic E-state index is 6.37. The van der Waals surface area contributed by atoms with Crippen LogP contribution in [0.5, 0.6) is 0 Å². The molecule has 12 aromatic rings. The first-order valence-electron chi connectivity index (χ1n) is 19.1. The predicted molar refractivity (Wildman–Crippen MR) is 233 cm³/mol. The van der Waals surface area contributed by atoms with Crippen LogP contribution < -0.4 is 0 Å². The number of fused-ring (bicyclic) bond motifs is 9. The van der Waals surface area contributed by atoms with Crippen molar-refractivity contribution in [3.05, 3.63) is 188 Å². The molecule has 0 aliphatic rings. The van der Waals surface area contributed by atoms with Gasteiger partial charge in [-0.2, -0.15) is 0 Å². The zero-order valence-electron chi connectivity index (χ0n) is 30.6. The van der Waals surface area contributed by atoms with Gasteiger partial charge < -0.3 is 13.3 Å². The van der Waals surface area contributed by atoms with Crippen LogP contribution in [0.3, 0.4) is 0 Å². The molecule has 8 aromatic carbocycles. The molecule has 0 unspecified atom stereocenters. The summed E-state index contributed by atoms with van der Waals surface area (Å²) >= 11 is 0. The average Bonchev–Trinajstić information content (AvgIpc) is 3.96. The molecule has 0 aliphatic heterocycles. The Kier molecular flexibility index (Phi) is 6.89. The van der Waals surface area contributed by atoms with Crippen LogP contribution in [0.2, 0.25) is 0 Å². The van der Waals surface area contributed by atoms with E-state index in [4.69, 9.17) is 13.3 Å². The Hall–Kier alpha value is -7.69. The van der Waals surface area contributed by atoms with Crippen LogP contribution in [0.15, 0.2) is 202 Å². The minimum atomic E-state index is 0.851. The summed E-state index contributed by atoms with van der Waals surface area (Å²) in [5, 5.41) is 6.56. The largest absolute Gasteiger partial charge is 0.456 e. The SMILES string of the molecule is c1cc(-c2cccc(-c3ccc4oc5ccc(-c6cccc(-c7ccc8oc9ccccc9c8c7)c6)cc5c4c3)c2)cc(-c2ccc3oc4ccncc4c3c2)c1. The summed E-state index contributed by atoms with van der Waals surface area (Å²) in [5.74, 6) is 0. The van der Waals surface area contributed by atoms with E-state index in [9.17, 15) is 0 Å². The first-order valence-corrected chi connectivity index (χ1v) is 19.1. The van der Waals surface area contributed by atoms with Gasteiger partial charge in [-0.15, -0.1) is 0 Å². The van der Waals surface area contributed by atoms with Crippen molar-refractivity contribution in [3.8, 4) is 55.6 Å². The molecule has 0 radical (unpaired) electrons. The molecule has 4 nitrogen and oxygen atoms in total. The molecule has 0 saturated heterocycles. The topological polar surface area (TPSA) is 52.3 Å². The van der Waals surface area contributed by atoms with Crippen LogP contribution in [-0.4, -0.2) is 4.98 Å². The zero-order valence-corrected chi connectivity index (χ0v) is 30.6. The van der Waals surface area contributed by atoms with Gasteiger partial charge in [0.25, 0.3) is 0 Å². The smallest absolute Gasteiger partial charge is 0.138 e. The number of nitrogens with zero attached hydrogens (tertiary/aromatic N) is 1. The van der Waals surface area contributed by atoms with E-state index < -0.39 is 0 Å². The predicted octanol–water partition coefficient (Wildman–Crippen LogP) is 15.1. The third-order valence-corrected chi connectivity index (χ3v) is 11.4. The molecule has 0 spiro atoms. The Labute approximate surface area is 326 Å². The van der Waals surface area contributed by atoms with E-state index in [2.05, 4.69) is 163 Å². The van der Waals surface area contributed by atoms with Gasteiger partial charge in [-0.3, -0.25) is 4.98 Å². The van der Waals surface area contributed by atoms with Gasteiger partial charge in [0.1, 0.15) is 33.5 Å². The van der Waals surface area contributed by atoms with Gasteiger partial charge in [0.15, 0.2) is 0 Å². The Bertz CT molecular complexity index is 3550. The summed E-state index contributed by atoms with van der Waals surface area (Å²) in [6, 6.07) is 62.3. The number of hydrogen-bond donors (Lipinski definition) is 0. The summed E-state index contributed by atoms with van der Waals surface area (Å²) in [5.41, 5.74) is 16.8. The molecule has 12 rings (SSSR count). The summed E-state index contributed by atoms with van der Waals surface area (Å²) < 4.78 is 18.5. The zero-order chi connectivity index (χ0) is 37.5. The maximum Gasteiger partial charge on any atom is 0.138 e. The number of rotatable bonds is 5. The standard InChI is InChI=1S/C53H31NO3/c1-2-13-48-42(12-1)43-27-38(14-18-49(43)55-48)36-10-5-11-37(26-36)40-16-20-51-45(29-40)44-28-39(15-19-50(44)56-51)34-8-3-6-32(24-34)33-7-4-9-35(25-33)41-17-21-52-46(30-41)47-31-54-23-22-53(47)57-52/h1-31H. The van der Waals surface area contributed by atoms with E-state index in [1.54, 1.807) is 6.20 Å². The Morgan fingerprint density at radius 1 is 0.246 bits per heavy atom. The van der Waals surface area contributed by atoms with Gasteiger partial charge in [-0.05, 0) is 134 Å². The normalized spacial score (nSPS) is 11.9. The molecule has 0 N–H and O–H groups in total. The third kappa shape index (κ3) is 5.26. The molecular formula is C53H31NO3. The van der Waals surface area contributed by atoms with Crippen molar-refractivity contribution >= 4 is 65.8 Å². The number of pyridine rings is 1. The Morgan fingerprint density at radius 3 is 1.02 bits per heavy atom. The molecule has 4 heteroatoms. The molecule has 0 aliphatic carbocycles. The molecule has 57 heavy (non-hydrogen) atoms. The summed E-state index contributed by atoms with van der Waals surface area (Å²) in [4.78, 5) is 4.33. The van der Waals surface area contributed by atoms with Gasteiger partial charge in [-0.1, -0.05) is 97.1 Å². The Morgan fingerprint density at radius 2 is 0.579 bits per heavy atom. The van der Waals surface area contributed by atoms with Crippen LogP contribution in [0, 0.1) is 0 Å². The molecule has 0 amide bonds. The second-order valence-corrected chi connectivity index (χ2v) is 14.8. The van der Waals surface area contributed by atoms with Crippen molar-refractivity contribution in [2.45, 2.75) is 0 Å². The number of hydrogen-bond acceptors (Lipinski definition) is 4. The highest BCUT2D eigenvalue weighted by atomic mass is 16.3. The Balaban J connectivity index is 0.881. The monoisotopic (exact) mass is 729 g/mol. The van der Waals surface area contributed by atoms with Crippen molar-refractivity contribution < 1.29 is 13.3 Å². The third-order valence-electron chi connectivity index (χ3n) is 11.4. The van der Waals surface area contributed by atoms with Crippen molar-refractivity contribution in [1.82, 2.24) is 4.98 Å². The molecular weight excluding hydrogens is 699 g/mol. The fourth-order valence-corrected chi connectivity index (χ4v) is 8.48. The summed E-state index contributed by atoms with van der Waals surface area (Å²) in [6.45, 7) is 0. The number of furan rings is 3. The highest BCUT2D eigenvalue weighted by molar-refractivity contribution is 6.09. The van der Waals surface area contributed by atoms with E-state index in [1.165, 1.54) is 0 Å². The number of aromatic nitrogens is 1. The van der Waals surface area contributed by atoms with Crippen molar-refractivity contribution in [2.24, 2.45) is 0 Å². The fraction of sp³-hybridized carbons (Fsp3) is 0. The molecule has 266 valence electrons. The molecule has 4 heterocycles. The lowest BCUT2D eigenvalue weighted by Crippen LogP contribution is -1.84. The lowest BCUT2D eigenvalue weighted by Gasteiger charge is -2.09. The van der Waals surface area contributed by atoms with Gasteiger partial charge >= 0.3 is 0 Å². The van der Waals surface area contributed by atoms with Crippen molar-refractivity contribution in [3.63, 3.8) is 0 Å². The number of para-hydroxylation sites is 1. The molecule has 0 atom stereocenters. The van der Waals surface area contributed by atoms with Crippen molar-refractivity contribution in [1.29, 1.82) is 0 Å². The minimum absolute atomic E-state index is 0.851. The molecule has 0 saturated carbocycles. The first kappa shape index (κ1) is 31.6. The quantitative estimate of drug-likeness (QED) is 0.177. The second-order valence-electron chi connectivity index (χ2n) is 14.8. The van der Waals surface area contributed by atoms with Crippen LogP contribution in [-0.2, 0) is 0 Å². The lowest BCUT2D eigenvalue weighted by atomic mass is 9.95. The second kappa shape index (κ2) is 12.4. The van der Waals surface area contributed by atoms with E-state index in [1.807, 2.05) is 24.4 Å². The van der Waals surface area contributed by atoms with E-state index >= 15 is 0 Å². The molecule has 0 bridgehead atoms. The first-order chi connectivity index (χ1) is 28.2. The lowest BCUT2D eigenvalue weighted by molar-refractivity contribution is 0.668. The van der Waals surface area contributed by atoms with Crippen LogP contribution in [0.4, 0.5) is 0 Å². The van der Waals surface area contributed by atoms with Gasteiger partial charge in [-0.25, -0.2) is 0 Å². The van der Waals surface area contributed by atoms with Crippen LogP contribution >= 0.6 is 0 Å². The number of benzene rings is 8. The minimum Gasteiger partial charge on any atom is -0.456 e.